The SMILES string of the molecule is CNCCN(CCNC)CC(=O)N[C@@H](Cc1ccccc1)C(=O)N[C@@H](Cc1cnc[nH]1)C(=O)N[C@H]1CSSC[C@@H](C(=O)NC)NC(=O)[C@H](CC(C)C)NC(=O)[C@H](CC(=O)O)NC(=O)[C@H](Cc2ccc(O)c(Cl)c2)NC(=O)[C@@H]2CC(O)CN2C1=O. The van der Waals surface area contributed by atoms with Gasteiger partial charge in [0.05, 0.1) is 30.4 Å². The molecule has 3 aromatic rings. The highest BCUT2D eigenvalue weighted by Gasteiger charge is 2.44. The number of aliphatic hydroxyl groups excluding tert-OH is 1. The Balaban J connectivity index is 1.54. The van der Waals surface area contributed by atoms with Crippen LogP contribution in [0.5, 0.6) is 5.75 Å². The Morgan fingerprint density at radius 1 is 0.798 bits per heavy atom. The van der Waals surface area contributed by atoms with Gasteiger partial charge in [-0.15, -0.1) is 0 Å². The molecule has 0 bridgehead atoms. The van der Waals surface area contributed by atoms with Gasteiger partial charge in [0, 0.05) is 88.9 Å². The van der Waals surface area contributed by atoms with Crippen LogP contribution in [0.2, 0.25) is 5.02 Å². The fourth-order valence-corrected chi connectivity index (χ4v) is 11.8. The summed E-state index contributed by atoms with van der Waals surface area (Å²) in [7, 11) is 6.94. The quantitative estimate of drug-likeness (QED) is 0.0414. The van der Waals surface area contributed by atoms with Crippen LogP contribution in [0.25, 0.3) is 0 Å². The first-order chi connectivity index (χ1) is 40.1. The lowest BCUT2D eigenvalue weighted by molar-refractivity contribution is -0.142. The van der Waals surface area contributed by atoms with E-state index in [0.29, 0.717) is 37.4 Å². The molecule has 0 spiro atoms. The summed E-state index contributed by atoms with van der Waals surface area (Å²) in [5.41, 5.74) is 1.38. The van der Waals surface area contributed by atoms with Gasteiger partial charge in [0.25, 0.3) is 0 Å². The van der Waals surface area contributed by atoms with Crippen molar-refractivity contribution >= 4 is 92.3 Å². The molecule has 2 aromatic carbocycles. The summed E-state index contributed by atoms with van der Waals surface area (Å²) in [6, 6.07) is 1.04. The van der Waals surface area contributed by atoms with Crippen LogP contribution >= 0.6 is 33.2 Å². The molecule has 0 saturated carbocycles. The lowest BCUT2D eigenvalue weighted by Gasteiger charge is -2.31. The number of nitrogens with zero attached hydrogens (tertiary/aromatic N) is 3. The summed E-state index contributed by atoms with van der Waals surface area (Å²) in [6.07, 6.45) is -0.398. The van der Waals surface area contributed by atoms with Crippen molar-refractivity contribution in [2.24, 2.45) is 5.92 Å². The van der Waals surface area contributed by atoms with Crippen molar-refractivity contribution in [3.8, 4) is 5.75 Å². The van der Waals surface area contributed by atoms with Crippen LogP contribution in [0.15, 0.2) is 61.1 Å². The standard InChI is InChI=1S/C54H77ClN14O13S2/c1-30(2)17-36-48(76)66-41(47(75)58-5)27-83-84-28-42(54(82)69-25-34(70)22-43(69)53(81)65-38(20-32-11-12-44(71)35(55)18-32)50(78)64-40(23-46(73)74)52(80)62-36)67-51(79)39(21-33-24-59-29-60-33)63-49(77)37(19-31-9-7-6-8-10-31)61-45(72)26-68(15-13-56-3)16-14-57-4/h6-12,18,24,29-30,34,36-43,56-57,70-71H,13-17,19-23,25-28H2,1-5H3,(H,58,75)(H,59,60)(H,61,72)(H,62,80)(H,63,77)(H,64,78)(H,65,81)(H,66,76)(H,67,79)(H,73,74)/t34?,36-,37-,38-,39-,40-,41-,42-,43-/m0/s1. The molecule has 84 heavy (non-hydrogen) atoms. The number of aromatic hydroxyl groups is 1. The van der Waals surface area contributed by atoms with E-state index in [1.165, 1.54) is 37.8 Å². The van der Waals surface area contributed by atoms with Gasteiger partial charge in [-0.05, 0) is 49.7 Å². The molecule has 0 radical (unpaired) electrons. The molecule has 30 heteroatoms. The molecule has 5 rings (SSSR count). The first-order valence-electron chi connectivity index (χ1n) is 27.4. The van der Waals surface area contributed by atoms with Crippen LogP contribution in [-0.4, -0.2) is 221 Å². The molecule has 2 saturated heterocycles. The van der Waals surface area contributed by atoms with Gasteiger partial charge in [-0.1, -0.05) is 83.4 Å². The summed E-state index contributed by atoms with van der Waals surface area (Å²) in [5, 5.41) is 58.3. The first-order valence-corrected chi connectivity index (χ1v) is 30.2. The van der Waals surface area contributed by atoms with E-state index < -0.39 is 127 Å². The number of aromatic amines is 1. The maximum absolute atomic E-state index is 15.1. The van der Waals surface area contributed by atoms with E-state index in [2.05, 4.69) is 63.1 Å². The number of hydrogen-bond donors (Lipinski definition) is 14. The predicted molar refractivity (Wildman–Crippen MR) is 314 cm³/mol. The normalized spacial score (nSPS) is 21.9. The van der Waals surface area contributed by atoms with Crippen LogP contribution in [0, 0.1) is 5.92 Å². The number of aliphatic carboxylic acids is 1. The Morgan fingerprint density at radius 3 is 2.07 bits per heavy atom. The Bertz CT molecular complexity index is 2730. The minimum Gasteiger partial charge on any atom is -0.506 e. The minimum atomic E-state index is -1.84. The zero-order chi connectivity index (χ0) is 61.5. The molecule has 14 N–H and O–H groups in total. The Kier molecular flexibility index (Phi) is 27.5. The number of carboxylic acids is 1. The van der Waals surface area contributed by atoms with Gasteiger partial charge in [0.15, 0.2) is 0 Å². The lowest BCUT2D eigenvalue weighted by atomic mass is 10.0. The van der Waals surface area contributed by atoms with Gasteiger partial charge < -0.3 is 78.4 Å². The molecule has 27 nitrogen and oxygen atoms in total. The summed E-state index contributed by atoms with van der Waals surface area (Å²) < 4.78 is 0. The van der Waals surface area contributed by atoms with Gasteiger partial charge in [0.1, 0.15) is 54.1 Å². The number of amides is 9. The molecule has 1 aromatic heterocycles. The van der Waals surface area contributed by atoms with Crippen molar-refractivity contribution in [1.82, 2.24) is 72.9 Å². The van der Waals surface area contributed by atoms with E-state index >= 15 is 4.79 Å². The van der Waals surface area contributed by atoms with E-state index in [9.17, 15) is 58.5 Å². The number of nitrogens with one attached hydrogen (secondary N) is 11. The number of aliphatic hydroxyl groups is 1. The van der Waals surface area contributed by atoms with Crippen molar-refractivity contribution in [2.45, 2.75) is 107 Å². The zero-order valence-corrected chi connectivity index (χ0v) is 49.8. The average molecular weight is 1230 g/mol. The number of hydrogen-bond acceptors (Lipinski definition) is 18. The molecule has 9 atom stereocenters. The number of carboxylic acid groups (broad SMARTS) is 1. The van der Waals surface area contributed by atoms with Crippen LogP contribution in [0.4, 0.5) is 0 Å². The second-order valence-electron chi connectivity index (χ2n) is 20.7. The highest BCUT2D eigenvalue weighted by atomic mass is 35.5. The lowest BCUT2D eigenvalue weighted by Crippen LogP contribution is -2.61. The van der Waals surface area contributed by atoms with Crippen LogP contribution in [0.3, 0.4) is 0 Å². The Morgan fingerprint density at radius 2 is 1.44 bits per heavy atom. The van der Waals surface area contributed by atoms with Crippen molar-refractivity contribution in [3.63, 3.8) is 0 Å². The van der Waals surface area contributed by atoms with E-state index in [1.807, 2.05) is 4.90 Å². The summed E-state index contributed by atoms with van der Waals surface area (Å²) >= 11 is 6.22. The first kappa shape index (κ1) is 67.8. The molecule has 9 amide bonds. The van der Waals surface area contributed by atoms with Crippen LogP contribution < -0.4 is 53.2 Å². The monoisotopic (exact) mass is 1230 g/mol. The number of halogens is 1. The summed E-state index contributed by atoms with van der Waals surface area (Å²) in [5.74, 6) is -10.1. The van der Waals surface area contributed by atoms with Gasteiger partial charge in [-0.3, -0.25) is 52.8 Å². The maximum Gasteiger partial charge on any atom is 0.305 e. The topological polar surface area (TPSA) is 387 Å². The molecule has 2 aliphatic rings. The molecule has 2 fully saturated rings. The number of aromatic nitrogens is 2. The second-order valence-corrected chi connectivity index (χ2v) is 23.7. The van der Waals surface area contributed by atoms with E-state index in [-0.39, 0.29) is 72.4 Å². The fourth-order valence-electron chi connectivity index (χ4n) is 9.25. The van der Waals surface area contributed by atoms with Gasteiger partial charge in [-0.2, -0.15) is 0 Å². The Hall–Kier alpha value is -7.02. The van der Waals surface area contributed by atoms with Crippen molar-refractivity contribution in [2.75, 3.05) is 71.9 Å². The van der Waals surface area contributed by atoms with Gasteiger partial charge in [-0.25, -0.2) is 4.98 Å². The maximum atomic E-state index is 15.1. The third-order valence-corrected chi connectivity index (χ3v) is 16.3. The smallest absolute Gasteiger partial charge is 0.305 e. The number of fused-ring (bicyclic) bond motifs is 1. The highest BCUT2D eigenvalue weighted by Crippen LogP contribution is 2.28. The highest BCUT2D eigenvalue weighted by molar-refractivity contribution is 8.76. The number of phenols is 1. The summed E-state index contributed by atoms with van der Waals surface area (Å²) in [6.45, 7) is 5.26. The third-order valence-electron chi connectivity index (χ3n) is 13.6. The van der Waals surface area contributed by atoms with Crippen LogP contribution in [0.1, 0.15) is 49.9 Å². The van der Waals surface area contributed by atoms with Crippen molar-refractivity contribution < 1.29 is 63.3 Å². The number of phenolic OH excluding ortho intramolecular Hbond substituents is 1. The Labute approximate surface area is 499 Å². The molecule has 0 aliphatic carbocycles. The fraction of sp³-hybridized carbons (Fsp3) is 0.537. The number of imidazole rings is 1. The van der Waals surface area contributed by atoms with Gasteiger partial charge >= 0.3 is 5.97 Å². The summed E-state index contributed by atoms with van der Waals surface area (Å²) in [4.78, 5) is 151. The van der Waals surface area contributed by atoms with Gasteiger partial charge in [0.2, 0.25) is 53.2 Å². The molecule has 1 unspecified atom stereocenters. The number of likely N-dealkylation sites (N-methyl/N-ethyl adjacent to an activating group) is 3. The molecule has 460 valence electrons. The third kappa shape index (κ3) is 21.6. The number of benzene rings is 2. The molecular weight excluding hydrogens is 1150 g/mol. The molecule has 3 heterocycles. The average Bonchev–Trinajstić information content (AvgIpc) is 3.46. The van der Waals surface area contributed by atoms with Crippen molar-refractivity contribution in [3.05, 3.63) is 82.9 Å². The number of rotatable bonds is 24. The predicted octanol–water partition coefficient (Wildman–Crippen LogP) is -2.45. The van der Waals surface area contributed by atoms with E-state index in [1.54, 1.807) is 58.3 Å². The van der Waals surface area contributed by atoms with Crippen molar-refractivity contribution in [1.29, 1.82) is 0 Å². The number of H-pyrrole nitrogens is 1. The number of carbonyl (C=O) groups excluding carboxylic acids is 9. The molecule has 2 aliphatic heterocycles. The number of carbonyl (C=O) groups is 10. The minimum absolute atomic E-state index is 0.00148. The largest absolute Gasteiger partial charge is 0.506 e. The molecular formula is C54H77ClN14O13S2. The zero-order valence-electron chi connectivity index (χ0n) is 47.4. The van der Waals surface area contributed by atoms with E-state index in [0.717, 1.165) is 26.5 Å². The van der Waals surface area contributed by atoms with Crippen LogP contribution in [-0.2, 0) is 67.2 Å². The second kappa shape index (κ2) is 34.1. The van der Waals surface area contributed by atoms with E-state index in [4.69, 9.17) is 11.6 Å².